The summed E-state index contributed by atoms with van der Waals surface area (Å²) < 4.78 is 7.28. The van der Waals surface area contributed by atoms with Crippen molar-refractivity contribution >= 4 is 23.4 Å². The molecule has 0 aliphatic heterocycles. The molecule has 1 aromatic carbocycles. The lowest BCUT2D eigenvalue weighted by molar-refractivity contribution is -0.113. The molecule has 1 saturated carbocycles. The largest absolute Gasteiger partial charge is 0.497 e. The number of amides is 1. The van der Waals surface area contributed by atoms with Crippen molar-refractivity contribution in [1.29, 1.82) is 0 Å². The molecule has 0 bridgehead atoms. The zero-order valence-electron chi connectivity index (χ0n) is 14.0. The Labute approximate surface area is 146 Å². The van der Waals surface area contributed by atoms with Crippen LogP contribution in [0.4, 0.5) is 5.69 Å². The summed E-state index contributed by atoms with van der Waals surface area (Å²) in [7, 11) is 1.62. The number of benzene rings is 1. The van der Waals surface area contributed by atoms with Crippen molar-refractivity contribution in [1.82, 2.24) is 14.8 Å². The fourth-order valence-corrected chi connectivity index (χ4v) is 3.26. The van der Waals surface area contributed by atoms with Gasteiger partial charge in [0.05, 0.1) is 12.9 Å². The standard InChI is InChI=1S/C17H22N4O2S/c1-3-10-21-16(12-4-5-12)19-20-17(21)24-11-15(22)18-13-6-8-14(23-2)9-7-13/h6-9,12H,3-5,10-11H2,1-2H3,(H,18,22). The Morgan fingerprint density at radius 2 is 2.08 bits per heavy atom. The van der Waals surface area contributed by atoms with Crippen LogP contribution in [-0.2, 0) is 11.3 Å². The number of anilines is 1. The molecule has 1 heterocycles. The predicted octanol–water partition coefficient (Wildman–Crippen LogP) is 3.30. The number of aromatic nitrogens is 3. The van der Waals surface area contributed by atoms with Crippen molar-refractivity contribution in [3.8, 4) is 5.75 Å². The smallest absolute Gasteiger partial charge is 0.234 e. The third kappa shape index (κ3) is 4.08. The Bertz CT molecular complexity index is 695. The molecule has 1 aliphatic rings. The molecule has 1 N–H and O–H groups in total. The molecule has 1 fully saturated rings. The first-order valence-electron chi connectivity index (χ1n) is 8.21. The molecular weight excluding hydrogens is 324 g/mol. The van der Waals surface area contributed by atoms with Gasteiger partial charge in [0, 0.05) is 18.2 Å². The molecule has 24 heavy (non-hydrogen) atoms. The van der Waals surface area contributed by atoms with Crippen LogP contribution in [0, 0.1) is 0 Å². The molecule has 0 spiro atoms. The topological polar surface area (TPSA) is 69.0 Å². The van der Waals surface area contributed by atoms with E-state index in [1.165, 1.54) is 24.6 Å². The normalized spacial score (nSPS) is 13.8. The van der Waals surface area contributed by atoms with E-state index in [1.807, 2.05) is 24.3 Å². The minimum absolute atomic E-state index is 0.0517. The van der Waals surface area contributed by atoms with E-state index in [0.717, 1.165) is 35.4 Å². The van der Waals surface area contributed by atoms with Gasteiger partial charge < -0.3 is 14.6 Å². The van der Waals surface area contributed by atoms with Crippen LogP contribution in [0.1, 0.15) is 37.9 Å². The highest BCUT2D eigenvalue weighted by Gasteiger charge is 2.30. The van der Waals surface area contributed by atoms with Gasteiger partial charge in [0.1, 0.15) is 11.6 Å². The summed E-state index contributed by atoms with van der Waals surface area (Å²) in [6.45, 7) is 3.04. The summed E-state index contributed by atoms with van der Waals surface area (Å²) in [5.74, 6) is 2.67. The van der Waals surface area contributed by atoms with E-state index in [9.17, 15) is 4.79 Å². The van der Waals surface area contributed by atoms with Gasteiger partial charge in [-0.2, -0.15) is 0 Å². The fraction of sp³-hybridized carbons (Fsp3) is 0.471. The van der Waals surface area contributed by atoms with E-state index < -0.39 is 0 Å². The lowest BCUT2D eigenvalue weighted by Gasteiger charge is -2.09. The number of carbonyl (C=O) groups is 1. The maximum Gasteiger partial charge on any atom is 0.234 e. The summed E-state index contributed by atoms with van der Waals surface area (Å²) in [5.41, 5.74) is 0.759. The third-order valence-corrected chi connectivity index (χ3v) is 4.81. The highest BCUT2D eigenvalue weighted by atomic mass is 32.2. The van der Waals surface area contributed by atoms with Crippen LogP contribution < -0.4 is 10.1 Å². The second kappa shape index (κ2) is 7.70. The number of methoxy groups -OCH3 is 1. The van der Waals surface area contributed by atoms with Crippen LogP contribution in [-0.4, -0.2) is 33.5 Å². The fourth-order valence-electron chi connectivity index (χ4n) is 2.49. The minimum Gasteiger partial charge on any atom is -0.497 e. The summed E-state index contributed by atoms with van der Waals surface area (Å²) in [6, 6.07) is 7.30. The summed E-state index contributed by atoms with van der Waals surface area (Å²) >= 11 is 1.44. The number of ether oxygens (including phenoxy) is 1. The van der Waals surface area contributed by atoms with Crippen LogP contribution in [0.3, 0.4) is 0 Å². The molecule has 0 unspecified atom stereocenters. The predicted molar refractivity (Wildman–Crippen MR) is 94.6 cm³/mol. The van der Waals surface area contributed by atoms with E-state index in [1.54, 1.807) is 7.11 Å². The highest BCUT2D eigenvalue weighted by Crippen LogP contribution is 2.40. The van der Waals surface area contributed by atoms with Crippen molar-refractivity contribution in [2.45, 2.75) is 43.8 Å². The first-order valence-corrected chi connectivity index (χ1v) is 9.19. The molecule has 1 aliphatic carbocycles. The van der Waals surface area contributed by atoms with Crippen LogP contribution in [0.2, 0.25) is 0 Å². The molecule has 2 aromatic rings. The second-order valence-electron chi connectivity index (χ2n) is 5.83. The van der Waals surface area contributed by atoms with E-state index >= 15 is 0 Å². The lowest BCUT2D eigenvalue weighted by atomic mass is 10.3. The number of hydrogen-bond acceptors (Lipinski definition) is 5. The number of nitrogens with zero attached hydrogens (tertiary/aromatic N) is 3. The maximum absolute atomic E-state index is 12.1. The van der Waals surface area contributed by atoms with E-state index in [0.29, 0.717) is 11.7 Å². The first kappa shape index (κ1) is 16.8. The van der Waals surface area contributed by atoms with Gasteiger partial charge >= 0.3 is 0 Å². The summed E-state index contributed by atoms with van der Waals surface area (Å²) in [5, 5.41) is 12.3. The molecule has 6 nitrogen and oxygen atoms in total. The number of hydrogen-bond donors (Lipinski definition) is 1. The van der Waals surface area contributed by atoms with Crippen LogP contribution in [0.25, 0.3) is 0 Å². The lowest BCUT2D eigenvalue weighted by Crippen LogP contribution is -2.14. The van der Waals surface area contributed by atoms with Crippen molar-refractivity contribution < 1.29 is 9.53 Å². The van der Waals surface area contributed by atoms with Crippen LogP contribution in [0.5, 0.6) is 5.75 Å². The Kier molecular flexibility index (Phi) is 5.40. The molecule has 128 valence electrons. The Balaban J connectivity index is 1.57. The van der Waals surface area contributed by atoms with Crippen LogP contribution >= 0.6 is 11.8 Å². The van der Waals surface area contributed by atoms with Crippen molar-refractivity contribution in [3.05, 3.63) is 30.1 Å². The third-order valence-electron chi connectivity index (χ3n) is 3.84. The number of rotatable bonds is 8. The molecular formula is C17H22N4O2S. The maximum atomic E-state index is 12.1. The molecule has 3 rings (SSSR count). The van der Waals surface area contributed by atoms with Crippen molar-refractivity contribution in [2.75, 3.05) is 18.2 Å². The monoisotopic (exact) mass is 346 g/mol. The van der Waals surface area contributed by atoms with E-state index in [4.69, 9.17) is 4.74 Å². The number of nitrogens with one attached hydrogen (secondary N) is 1. The molecule has 0 atom stereocenters. The highest BCUT2D eigenvalue weighted by molar-refractivity contribution is 7.99. The van der Waals surface area contributed by atoms with Gasteiger partial charge in [0.25, 0.3) is 0 Å². The van der Waals surface area contributed by atoms with Gasteiger partial charge in [-0.25, -0.2) is 0 Å². The zero-order chi connectivity index (χ0) is 16.9. The van der Waals surface area contributed by atoms with Gasteiger partial charge in [0.2, 0.25) is 5.91 Å². The zero-order valence-corrected chi connectivity index (χ0v) is 14.8. The Morgan fingerprint density at radius 3 is 2.71 bits per heavy atom. The Morgan fingerprint density at radius 1 is 1.33 bits per heavy atom. The average molecular weight is 346 g/mol. The van der Waals surface area contributed by atoms with E-state index in [2.05, 4.69) is 27.0 Å². The first-order chi connectivity index (χ1) is 11.7. The summed E-state index contributed by atoms with van der Waals surface area (Å²) in [4.78, 5) is 12.1. The van der Waals surface area contributed by atoms with Gasteiger partial charge in [0.15, 0.2) is 5.16 Å². The summed E-state index contributed by atoms with van der Waals surface area (Å²) in [6.07, 6.45) is 3.43. The molecule has 1 aromatic heterocycles. The quantitative estimate of drug-likeness (QED) is 0.743. The minimum atomic E-state index is -0.0517. The van der Waals surface area contributed by atoms with Gasteiger partial charge in [-0.15, -0.1) is 10.2 Å². The second-order valence-corrected chi connectivity index (χ2v) is 6.77. The average Bonchev–Trinajstić information content (AvgIpc) is 3.36. The number of carbonyl (C=O) groups excluding carboxylic acids is 1. The van der Waals surface area contributed by atoms with Gasteiger partial charge in [-0.3, -0.25) is 4.79 Å². The van der Waals surface area contributed by atoms with E-state index in [-0.39, 0.29) is 5.91 Å². The SMILES string of the molecule is CCCn1c(SCC(=O)Nc2ccc(OC)cc2)nnc1C1CC1. The number of thioether (sulfide) groups is 1. The molecule has 1 amide bonds. The Hall–Kier alpha value is -2.02. The molecule has 7 heteroatoms. The molecule has 0 saturated heterocycles. The van der Waals surface area contributed by atoms with Crippen LogP contribution in [0.15, 0.2) is 29.4 Å². The van der Waals surface area contributed by atoms with Crippen molar-refractivity contribution in [3.63, 3.8) is 0 Å². The van der Waals surface area contributed by atoms with Gasteiger partial charge in [-0.05, 0) is 43.5 Å². The van der Waals surface area contributed by atoms with Gasteiger partial charge in [-0.1, -0.05) is 18.7 Å². The van der Waals surface area contributed by atoms with Crippen molar-refractivity contribution in [2.24, 2.45) is 0 Å². The molecule has 0 radical (unpaired) electrons.